The number of imidazole rings is 1. The van der Waals surface area contributed by atoms with Gasteiger partial charge in [0.2, 0.25) is 5.95 Å². The molecule has 21 heavy (non-hydrogen) atoms. The lowest BCUT2D eigenvalue weighted by Gasteiger charge is -2.18. The molecule has 4 atom stereocenters. The Hall–Kier alpha value is -1.77. The highest BCUT2D eigenvalue weighted by Gasteiger charge is 2.42. The van der Waals surface area contributed by atoms with Crippen LogP contribution in [0, 0.1) is 11.9 Å². The number of hydrogen-bond donors (Lipinski definition) is 4. The molecule has 1 aliphatic rings. The molecule has 2 aromatic heterocycles. The maximum absolute atomic E-state index is 13.4. The molecule has 2 heterocycles. The third kappa shape index (κ3) is 2.25. The summed E-state index contributed by atoms with van der Waals surface area (Å²) in [7, 11) is 0. The van der Waals surface area contributed by atoms with Crippen molar-refractivity contribution in [3.63, 3.8) is 0 Å². The molecule has 0 spiro atoms. The van der Waals surface area contributed by atoms with Gasteiger partial charge in [-0.1, -0.05) is 0 Å². The van der Waals surface area contributed by atoms with E-state index in [1.165, 1.54) is 12.4 Å². The number of anilines is 1. The third-order valence-corrected chi connectivity index (χ3v) is 4.19. The first-order valence-electron chi connectivity index (χ1n) is 6.78. The van der Waals surface area contributed by atoms with Crippen molar-refractivity contribution in [1.82, 2.24) is 14.5 Å². The second kappa shape index (κ2) is 5.21. The summed E-state index contributed by atoms with van der Waals surface area (Å²) in [5.41, 5.74) is 6.43. The Labute approximate surface area is 119 Å². The van der Waals surface area contributed by atoms with Crippen molar-refractivity contribution in [3.05, 3.63) is 18.3 Å². The van der Waals surface area contributed by atoms with Crippen LogP contribution in [0.5, 0.6) is 0 Å². The smallest absolute Gasteiger partial charge is 0.217 e. The third-order valence-electron chi connectivity index (χ3n) is 4.19. The van der Waals surface area contributed by atoms with Gasteiger partial charge in [0.05, 0.1) is 24.0 Å². The molecule has 8 heteroatoms. The number of aliphatic hydroxyl groups is 3. The van der Waals surface area contributed by atoms with Gasteiger partial charge in [0, 0.05) is 12.7 Å². The van der Waals surface area contributed by atoms with Crippen molar-refractivity contribution in [1.29, 1.82) is 0 Å². The molecule has 5 N–H and O–H groups in total. The van der Waals surface area contributed by atoms with Crippen LogP contribution in [0.3, 0.4) is 0 Å². The number of nitrogens with two attached hydrogens (primary N) is 1. The zero-order valence-corrected chi connectivity index (χ0v) is 11.2. The number of nitrogen functional groups attached to an aromatic ring is 1. The van der Waals surface area contributed by atoms with E-state index in [2.05, 4.69) is 9.97 Å². The topological polar surface area (TPSA) is 117 Å². The first-order valence-corrected chi connectivity index (χ1v) is 6.78. The molecule has 0 aliphatic heterocycles. The van der Waals surface area contributed by atoms with Crippen LogP contribution in [0.2, 0.25) is 0 Å². The summed E-state index contributed by atoms with van der Waals surface area (Å²) in [5, 5.41) is 29.2. The van der Waals surface area contributed by atoms with Gasteiger partial charge in [-0.05, 0) is 18.8 Å². The van der Waals surface area contributed by atoms with Crippen LogP contribution in [0.15, 0.2) is 12.4 Å². The minimum atomic E-state index is -1.00. The van der Waals surface area contributed by atoms with Crippen LogP contribution in [0.1, 0.15) is 18.9 Å². The van der Waals surface area contributed by atoms with E-state index in [1.54, 1.807) is 4.57 Å². The number of hydrogen-bond acceptors (Lipinski definition) is 6. The lowest BCUT2D eigenvalue weighted by Crippen LogP contribution is -2.29. The predicted molar refractivity (Wildman–Crippen MR) is 72.8 cm³/mol. The Morgan fingerprint density at radius 2 is 2.14 bits per heavy atom. The van der Waals surface area contributed by atoms with E-state index in [-0.39, 0.29) is 18.3 Å². The first-order chi connectivity index (χ1) is 10.0. The molecule has 0 aromatic carbocycles. The second-order valence-electron chi connectivity index (χ2n) is 5.41. The molecule has 2 aromatic rings. The highest BCUT2D eigenvalue weighted by atomic mass is 19.1. The number of rotatable bonds is 3. The van der Waals surface area contributed by atoms with Gasteiger partial charge >= 0.3 is 0 Å². The van der Waals surface area contributed by atoms with Crippen molar-refractivity contribution >= 4 is 16.9 Å². The van der Waals surface area contributed by atoms with Crippen LogP contribution < -0.4 is 5.73 Å². The maximum Gasteiger partial charge on any atom is 0.217 e. The van der Waals surface area contributed by atoms with Crippen molar-refractivity contribution in [3.8, 4) is 0 Å². The molecule has 1 saturated carbocycles. The van der Waals surface area contributed by atoms with Gasteiger partial charge in [0.25, 0.3) is 0 Å². The largest absolute Gasteiger partial charge is 0.396 e. The van der Waals surface area contributed by atoms with Crippen LogP contribution >= 0.6 is 0 Å². The van der Waals surface area contributed by atoms with Crippen molar-refractivity contribution in [2.75, 3.05) is 12.3 Å². The summed E-state index contributed by atoms with van der Waals surface area (Å²) in [6, 6.07) is 0.764. The second-order valence-corrected chi connectivity index (χ2v) is 5.41. The Morgan fingerprint density at radius 3 is 2.86 bits per heavy atom. The summed E-state index contributed by atoms with van der Waals surface area (Å²) >= 11 is 0. The summed E-state index contributed by atoms with van der Waals surface area (Å²) in [6.07, 6.45) is 0.404. The SMILES string of the molecule is Nc1nc(F)cc2c1ncn2[C@@H]1C[C@H](CCO)[C@@H](O)[C@H]1O. The van der Waals surface area contributed by atoms with E-state index in [9.17, 15) is 14.6 Å². The van der Waals surface area contributed by atoms with Crippen molar-refractivity contribution < 1.29 is 19.7 Å². The van der Waals surface area contributed by atoms with Gasteiger partial charge in [-0.2, -0.15) is 4.39 Å². The fourth-order valence-electron chi connectivity index (χ4n) is 3.12. The van der Waals surface area contributed by atoms with Gasteiger partial charge in [-0.15, -0.1) is 0 Å². The Bertz CT molecular complexity index is 662. The van der Waals surface area contributed by atoms with Crippen molar-refractivity contribution in [2.45, 2.75) is 31.1 Å². The van der Waals surface area contributed by atoms with E-state index in [4.69, 9.17) is 10.8 Å². The average molecular weight is 296 g/mol. The average Bonchev–Trinajstić information content (AvgIpc) is 2.96. The molecule has 7 nitrogen and oxygen atoms in total. The molecule has 0 saturated heterocycles. The van der Waals surface area contributed by atoms with E-state index >= 15 is 0 Å². The van der Waals surface area contributed by atoms with Gasteiger partial charge in [-0.25, -0.2) is 9.97 Å². The predicted octanol–water partition coefficient (Wildman–Crippen LogP) is -0.182. The minimum absolute atomic E-state index is 0.0105. The summed E-state index contributed by atoms with van der Waals surface area (Å²) in [6.45, 7) is -0.0582. The molecule has 0 radical (unpaired) electrons. The highest BCUT2D eigenvalue weighted by molar-refractivity contribution is 5.84. The van der Waals surface area contributed by atoms with Crippen LogP contribution in [-0.4, -0.2) is 48.7 Å². The van der Waals surface area contributed by atoms with Crippen LogP contribution in [0.25, 0.3) is 11.0 Å². The van der Waals surface area contributed by atoms with Gasteiger partial charge in [0.15, 0.2) is 5.82 Å². The van der Waals surface area contributed by atoms with E-state index < -0.39 is 24.2 Å². The standard InChI is InChI=1S/C13H17FN4O3/c14-9-4-7-10(13(15)17-9)16-5-18(7)8-3-6(1-2-19)11(20)12(8)21/h4-6,8,11-12,19-21H,1-3H2,(H2,15,17)/t6-,8+,11+,12-/m0/s1. The van der Waals surface area contributed by atoms with Gasteiger partial charge < -0.3 is 25.6 Å². The lowest BCUT2D eigenvalue weighted by molar-refractivity contribution is 0.00280. The first kappa shape index (κ1) is 14.2. The van der Waals surface area contributed by atoms with Gasteiger partial charge in [-0.3, -0.25) is 0 Å². The zero-order valence-electron chi connectivity index (χ0n) is 11.2. The number of aromatic nitrogens is 3. The Kier molecular flexibility index (Phi) is 3.52. The lowest BCUT2D eigenvalue weighted by atomic mass is 10.0. The molecule has 1 aliphatic carbocycles. The number of halogens is 1. The number of pyridine rings is 1. The summed E-state index contributed by atoms with van der Waals surface area (Å²) in [5.74, 6) is -0.943. The molecule has 0 amide bonds. The molecule has 0 unspecified atom stereocenters. The fourth-order valence-corrected chi connectivity index (χ4v) is 3.12. The minimum Gasteiger partial charge on any atom is -0.396 e. The van der Waals surface area contributed by atoms with Crippen LogP contribution in [-0.2, 0) is 0 Å². The Morgan fingerprint density at radius 1 is 1.38 bits per heavy atom. The van der Waals surface area contributed by atoms with Crippen molar-refractivity contribution in [2.24, 2.45) is 5.92 Å². The molecule has 3 rings (SSSR count). The molecular formula is C13H17FN4O3. The summed E-state index contributed by atoms with van der Waals surface area (Å²) < 4.78 is 15.0. The molecule has 114 valence electrons. The number of fused-ring (bicyclic) bond motifs is 1. The monoisotopic (exact) mass is 296 g/mol. The fraction of sp³-hybridized carbons (Fsp3) is 0.538. The quantitative estimate of drug-likeness (QED) is 0.584. The highest BCUT2D eigenvalue weighted by Crippen LogP contribution is 2.38. The normalized spacial score (nSPS) is 29.3. The summed E-state index contributed by atoms with van der Waals surface area (Å²) in [4.78, 5) is 7.61. The van der Waals surface area contributed by atoms with Crippen LogP contribution in [0.4, 0.5) is 10.2 Å². The molecular weight excluding hydrogens is 279 g/mol. The van der Waals surface area contributed by atoms with E-state index in [0.717, 1.165) is 0 Å². The molecule has 0 bridgehead atoms. The number of aliphatic hydroxyl groups excluding tert-OH is 3. The van der Waals surface area contributed by atoms with E-state index in [0.29, 0.717) is 23.9 Å². The molecule has 1 fully saturated rings. The number of nitrogens with zero attached hydrogens (tertiary/aromatic N) is 3. The maximum atomic E-state index is 13.4. The Balaban J connectivity index is 2.01. The van der Waals surface area contributed by atoms with Gasteiger partial charge in [0.1, 0.15) is 11.6 Å². The van der Waals surface area contributed by atoms with E-state index in [1.807, 2.05) is 0 Å². The zero-order chi connectivity index (χ0) is 15.1.